The van der Waals surface area contributed by atoms with Gasteiger partial charge in [-0.1, -0.05) is 12.1 Å². The van der Waals surface area contributed by atoms with Crippen molar-refractivity contribution in [2.75, 3.05) is 18.2 Å². The summed E-state index contributed by atoms with van der Waals surface area (Å²) >= 11 is 0. The highest BCUT2D eigenvalue weighted by Crippen LogP contribution is 2.21. The molecule has 0 amide bonds. The van der Waals surface area contributed by atoms with E-state index >= 15 is 0 Å². The van der Waals surface area contributed by atoms with Crippen molar-refractivity contribution >= 4 is 28.4 Å². The molecule has 0 atom stereocenters. The molecule has 0 radical (unpaired) electrons. The molecule has 3 rings (SSSR count). The molecule has 0 unspecified atom stereocenters. The summed E-state index contributed by atoms with van der Waals surface area (Å²) in [5.41, 5.74) is 9.52. The number of imidazole rings is 1. The standard InChI is InChI=1S/C16H16N4O2/c1-22-16(21)10-6-7-12(11(17)8-10)18-9-15-19-13-4-2-3-5-14(13)20-15/h2-8,18H,9,17H2,1H3,(H,19,20). The normalized spacial score (nSPS) is 10.6. The fourth-order valence-corrected chi connectivity index (χ4v) is 2.24. The summed E-state index contributed by atoms with van der Waals surface area (Å²) in [6, 6.07) is 12.9. The minimum absolute atomic E-state index is 0.407. The number of esters is 1. The lowest BCUT2D eigenvalue weighted by atomic mass is 10.1. The van der Waals surface area contributed by atoms with Crippen LogP contribution >= 0.6 is 0 Å². The van der Waals surface area contributed by atoms with Crippen LogP contribution in [0.15, 0.2) is 42.5 Å². The van der Waals surface area contributed by atoms with Crippen molar-refractivity contribution in [2.45, 2.75) is 6.54 Å². The molecule has 1 heterocycles. The SMILES string of the molecule is COC(=O)c1ccc(NCc2nc3ccccc3[nH]2)c(N)c1. The Morgan fingerprint density at radius 1 is 1.32 bits per heavy atom. The molecule has 0 aliphatic rings. The molecule has 0 aliphatic carbocycles. The van der Waals surface area contributed by atoms with E-state index in [1.54, 1.807) is 18.2 Å². The highest BCUT2D eigenvalue weighted by molar-refractivity contribution is 5.91. The van der Waals surface area contributed by atoms with Gasteiger partial charge in [-0.15, -0.1) is 0 Å². The second-order valence-electron chi connectivity index (χ2n) is 4.85. The summed E-state index contributed by atoms with van der Waals surface area (Å²) in [7, 11) is 1.34. The Hall–Kier alpha value is -3.02. The molecule has 6 nitrogen and oxygen atoms in total. The lowest BCUT2D eigenvalue weighted by Gasteiger charge is -2.09. The second-order valence-corrected chi connectivity index (χ2v) is 4.85. The first-order valence-corrected chi connectivity index (χ1v) is 6.82. The maximum absolute atomic E-state index is 11.4. The number of nitrogen functional groups attached to an aromatic ring is 1. The van der Waals surface area contributed by atoms with Crippen LogP contribution in [0.5, 0.6) is 0 Å². The van der Waals surface area contributed by atoms with Gasteiger partial charge in [-0.05, 0) is 30.3 Å². The van der Waals surface area contributed by atoms with Crippen LogP contribution in [0.3, 0.4) is 0 Å². The number of aromatic nitrogens is 2. The van der Waals surface area contributed by atoms with E-state index in [1.807, 2.05) is 24.3 Å². The quantitative estimate of drug-likeness (QED) is 0.508. The number of fused-ring (bicyclic) bond motifs is 1. The third-order valence-corrected chi connectivity index (χ3v) is 3.36. The van der Waals surface area contributed by atoms with Gasteiger partial charge in [0.15, 0.2) is 0 Å². The highest BCUT2D eigenvalue weighted by Gasteiger charge is 2.08. The molecule has 2 aromatic carbocycles. The van der Waals surface area contributed by atoms with Gasteiger partial charge in [0.2, 0.25) is 0 Å². The molecule has 22 heavy (non-hydrogen) atoms. The van der Waals surface area contributed by atoms with Crippen LogP contribution in [0.1, 0.15) is 16.2 Å². The van der Waals surface area contributed by atoms with Crippen LogP contribution in [-0.2, 0) is 11.3 Å². The van der Waals surface area contributed by atoms with Crippen LogP contribution in [0, 0.1) is 0 Å². The zero-order valence-corrected chi connectivity index (χ0v) is 12.1. The Balaban J connectivity index is 1.74. The Morgan fingerprint density at radius 3 is 2.86 bits per heavy atom. The van der Waals surface area contributed by atoms with Gasteiger partial charge in [0, 0.05) is 0 Å². The maximum atomic E-state index is 11.4. The van der Waals surface area contributed by atoms with Gasteiger partial charge >= 0.3 is 5.97 Å². The van der Waals surface area contributed by atoms with E-state index in [-0.39, 0.29) is 0 Å². The summed E-state index contributed by atoms with van der Waals surface area (Å²) in [5.74, 6) is 0.410. The number of aromatic amines is 1. The van der Waals surface area contributed by atoms with Crippen molar-refractivity contribution < 1.29 is 9.53 Å². The van der Waals surface area contributed by atoms with Gasteiger partial charge in [-0.3, -0.25) is 0 Å². The summed E-state index contributed by atoms with van der Waals surface area (Å²) in [5, 5.41) is 3.20. The van der Waals surface area contributed by atoms with Crippen molar-refractivity contribution in [3.63, 3.8) is 0 Å². The van der Waals surface area contributed by atoms with E-state index < -0.39 is 5.97 Å². The first kappa shape index (κ1) is 13.9. The molecule has 1 aromatic heterocycles. The van der Waals surface area contributed by atoms with Gasteiger partial charge in [0.1, 0.15) is 5.82 Å². The van der Waals surface area contributed by atoms with Gasteiger partial charge < -0.3 is 20.8 Å². The fourth-order valence-electron chi connectivity index (χ4n) is 2.24. The van der Waals surface area contributed by atoms with E-state index in [2.05, 4.69) is 20.0 Å². The molecule has 0 aliphatic heterocycles. The number of carbonyl (C=O) groups is 1. The van der Waals surface area contributed by atoms with Gasteiger partial charge in [-0.25, -0.2) is 9.78 Å². The number of anilines is 2. The molecule has 0 spiro atoms. The molecule has 3 aromatic rings. The molecule has 0 bridgehead atoms. The van der Waals surface area contributed by atoms with E-state index in [0.717, 1.165) is 22.5 Å². The topological polar surface area (TPSA) is 93.0 Å². The number of benzene rings is 2. The van der Waals surface area contributed by atoms with Gasteiger partial charge in [-0.2, -0.15) is 0 Å². The van der Waals surface area contributed by atoms with E-state index in [1.165, 1.54) is 7.11 Å². The Morgan fingerprint density at radius 2 is 2.14 bits per heavy atom. The van der Waals surface area contributed by atoms with E-state index in [9.17, 15) is 4.79 Å². The number of nitrogens with one attached hydrogen (secondary N) is 2. The predicted molar refractivity (Wildman–Crippen MR) is 85.6 cm³/mol. The van der Waals surface area contributed by atoms with Crippen molar-refractivity contribution in [3.8, 4) is 0 Å². The van der Waals surface area contributed by atoms with Gasteiger partial charge in [0.05, 0.1) is 41.6 Å². The molecule has 4 N–H and O–H groups in total. The Kier molecular flexibility index (Phi) is 3.65. The fraction of sp³-hybridized carbons (Fsp3) is 0.125. The van der Waals surface area contributed by atoms with Crippen LogP contribution in [0.25, 0.3) is 11.0 Å². The number of carbonyl (C=O) groups excluding carboxylic acids is 1. The number of hydrogen-bond donors (Lipinski definition) is 3. The molecule has 112 valence electrons. The third kappa shape index (κ3) is 2.71. The van der Waals surface area contributed by atoms with Crippen molar-refractivity contribution in [1.82, 2.24) is 9.97 Å². The number of rotatable bonds is 4. The summed E-state index contributed by atoms with van der Waals surface area (Å²) in [4.78, 5) is 19.2. The average Bonchev–Trinajstić information content (AvgIpc) is 2.95. The molecule has 0 fully saturated rings. The molecular weight excluding hydrogens is 280 g/mol. The zero-order chi connectivity index (χ0) is 15.5. The highest BCUT2D eigenvalue weighted by atomic mass is 16.5. The number of methoxy groups -OCH3 is 1. The minimum atomic E-state index is -0.407. The molecular formula is C16H16N4O2. The van der Waals surface area contributed by atoms with Crippen LogP contribution in [0.2, 0.25) is 0 Å². The summed E-state index contributed by atoms with van der Waals surface area (Å²) in [6.45, 7) is 0.510. The van der Waals surface area contributed by atoms with Crippen molar-refractivity contribution in [1.29, 1.82) is 0 Å². The predicted octanol–water partition coefficient (Wildman–Crippen LogP) is 2.54. The van der Waals surface area contributed by atoms with Crippen LogP contribution < -0.4 is 11.1 Å². The van der Waals surface area contributed by atoms with Gasteiger partial charge in [0.25, 0.3) is 0 Å². The number of nitrogens with two attached hydrogens (primary N) is 1. The smallest absolute Gasteiger partial charge is 0.337 e. The maximum Gasteiger partial charge on any atom is 0.337 e. The van der Waals surface area contributed by atoms with Crippen LogP contribution in [0.4, 0.5) is 11.4 Å². The zero-order valence-electron chi connectivity index (χ0n) is 12.1. The largest absolute Gasteiger partial charge is 0.465 e. The first-order chi connectivity index (χ1) is 10.7. The minimum Gasteiger partial charge on any atom is -0.465 e. The first-order valence-electron chi connectivity index (χ1n) is 6.82. The number of nitrogens with zero attached hydrogens (tertiary/aromatic N) is 1. The number of para-hydroxylation sites is 2. The Labute approximate surface area is 127 Å². The van der Waals surface area contributed by atoms with Crippen molar-refractivity contribution in [3.05, 3.63) is 53.9 Å². The lowest BCUT2D eigenvalue weighted by molar-refractivity contribution is 0.0601. The lowest BCUT2D eigenvalue weighted by Crippen LogP contribution is -2.06. The summed E-state index contributed by atoms with van der Waals surface area (Å²) in [6.07, 6.45) is 0. The van der Waals surface area contributed by atoms with Crippen LogP contribution in [-0.4, -0.2) is 23.0 Å². The average molecular weight is 296 g/mol. The monoisotopic (exact) mass is 296 g/mol. The van der Waals surface area contributed by atoms with E-state index in [0.29, 0.717) is 17.8 Å². The second kappa shape index (κ2) is 5.77. The molecule has 6 heteroatoms. The number of ether oxygens (including phenoxy) is 1. The van der Waals surface area contributed by atoms with E-state index in [4.69, 9.17) is 5.73 Å². The molecule has 0 saturated carbocycles. The third-order valence-electron chi connectivity index (χ3n) is 3.36. The number of H-pyrrole nitrogens is 1. The van der Waals surface area contributed by atoms with Crippen molar-refractivity contribution in [2.24, 2.45) is 0 Å². The summed E-state index contributed by atoms with van der Waals surface area (Å²) < 4.78 is 4.66. The molecule has 0 saturated heterocycles. The number of hydrogen-bond acceptors (Lipinski definition) is 5. The Bertz CT molecular complexity index is 793.